The monoisotopic (exact) mass is 467 g/mol. The number of ether oxygens (including phenoxy) is 3. The van der Waals surface area contributed by atoms with Crippen molar-refractivity contribution >= 4 is 23.6 Å². The number of hydrazine groups is 1. The average Bonchev–Trinajstić information content (AvgIpc) is 2.81. The highest BCUT2D eigenvalue weighted by Gasteiger charge is 2.23. The van der Waals surface area contributed by atoms with Gasteiger partial charge in [0.1, 0.15) is 5.75 Å². The molecule has 8 nitrogen and oxygen atoms in total. The number of allylic oxidation sites excluding steroid dienone is 1. The molecule has 8 heteroatoms. The summed E-state index contributed by atoms with van der Waals surface area (Å²) in [6.07, 6.45) is 1.63. The Morgan fingerprint density at radius 2 is 1.53 bits per heavy atom. The fourth-order valence-electron chi connectivity index (χ4n) is 3.24. The minimum Gasteiger partial charge on any atom is -0.496 e. The smallest absolute Gasteiger partial charge is 0.334 e. The van der Waals surface area contributed by atoms with E-state index in [0.29, 0.717) is 28.4 Å². The molecule has 0 bridgehead atoms. The van der Waals surface area contributed by atoms with Crippen molar-refractivity contribution < 1.29 is 23.8 Å². The molecule has 0 saturated heterocycles. The first kappa shape index (κ1) is 26.3. The molecule has 34 heavy (non-hydrogen) atoms. The first-order valence-corrected chi connectivity index (χ1v) is 10.7. The fourth-order valence-corrected chi connectivity index (χ4v) is 3.24. The predicted octanol–water partition coefficient (Wildman–Crippen LogP) is 4.41. The number of nitrogens with one attached hydrogen (secondary N) is 3. The van der Waals surface area contributed by atoms with E-state index in [1.54, 1.807) is 25.1 Å². The number of amides is 3. The van der Waals surface area contributed by atoms with Gasteiger partial charge in [-0.05, 0) is 57.0 Å². The Hall–Kier alpha value is -3.94. The van der Waals surface area contributed by atoms with Crippen LogP contribution in [-0.2, 0) is 10.3 Å². The van der Waals surface area contributed by atoms with E-state index in [1.165, 1.54) is 21.3 Å². The summed E-state index contributed by atoms with van der Waals surface area (Å²) in [5.74, 6) is 1.04. The molecule has 3 amide bonds. The predicted molar refractivity (Wildman–Crippen MR) is 134 cm³/mol. The van der Waals surface area contributed by atoms with Crippen molar-refractivity contribution in [2.75, 3.05) is 21.3 Å². The van der Waals surface area contributed by atoms with Crippen LogP contribution in [0, 0.1) is 0 Å². The molecule has 0 spiro atoms. The van der Waals surface area contributed by atoms with Gasteiger partial charge in [0.05, 0.1) is 26.9 Å². The molecule has 0 aliphatic heterocycles. The van der Waals surface area contributed by atoms with Crippen molar-refractivity contribution in [2.24, 2.45) is 0 Å². The van der Waals surface area contributed by atoms with Gasteiger partial charge in [-0.1, -0.05) is 30.4 Å². The third-order valence-corrected chi connectivity index (χ3v) is 5.26. The zero-order chi connectivity index (χ0) is 25.5. The van der Waals surface area contributed by atoms with Gasteiger partial charge < -0.3 is 19.5 Å². The number of urea groups is 1. The first-order chi connectivity index (χ1) is 16.0. The van der Waals surface area contributed by atoms with Gasteiger partial charge in [-0.15, -0.1) is 0 Å². The van der Waals surface area contributed by atoms with Crippen LogP contribution in [0.25, 0.3) is 11.6 Å². The minimum atomic E-state index is -0.682. The van der Waals surface area contributed by atoms with Crippen LogP contribution in [0.5, 0.6) is 17.2 Å². The largest absolute Gasteiger partial charge is 0.496 e. The van der Waals surface area contributed by atoms with E-state index in [-0.39, 0.29) is 0 Å². The normalized spacial score (nSPS) is 11.3. The van der Waals surface area contributed by atoms with Gasteiger partial charge in [0.15, 0.2) is 11.5 Å². The van der Waals surface area contributed by atoms with Crippen molar-refractivity contribution in [1.82, 2.24) is 16.2 Å². The van der Waals surface area contributed by atoms with Crippen molar-refractivity contribution in [3.63, 3.8) is 0 Å². The SMILES string of the molecule is C=C(C)c1cccc(C(C)(C)NC(=O)NNC(=O)/C(C)=C\c2cc(OC)c(OC)cc2OC)c1. The molecule has 182 valence electrons. The molecule has 0 aromatic heterocycles. The third-order valence-electron chi connectivity index (χ3n) is 5.26. The lowest BCUT2D eigenvalue weighted by atomic mass is 9.92. The van der Waals surface area contributed by atoms with Crippen molar-refractivity contribution in [1.29, 1.82) is 0 Å². The fraction of sp³-hybridized carbons (Fsp3) is 0.308. The maximum absolute atomic E-state index is 12.6. The highest BCUT2D eigenvalue weighted by atomic mass is 16.5. The van der Waals surface area contributed by atoms with E-state index >= 15 is 0 Å². The molecule has 0 fully saturated rings. The molecule has 0 heterocycles. The number of carbonyl (C=O) groups is 2. The van der Waals surface area contributed by atoms with Crippen molar-refractivity contribution in [2.45, 2.75) is 33.2 Å². The third kappa shape index (κ3) is 6.54. The molecule has 0 radical (unpaired) electrons. The summed E-state index contributed by atoms with van der Waals surface area (Å²) < 4.78 is 16.0. The van der Waals surface area contributed by atoms with Crippen LogP contribution in [0.2, 0.25) is 0 Å². The first-order valence-electron chi connectivity index (χ1n) is 10.7. The van der Waals surface area contributed by atoms with Gasteiger partial charge in [-0.3, -0.25) is 10.2 Å². The number of benzene rings is 2. The molecule has 3 N–H and O–H groups in total. The van der Waals surface area contributed by atoms with Gasteiger partial charge >= 0.3 is 6.03 Å². The van der Waals surface area contributed by atoms with E-state index < -0.39 is 17.5 Å². The zero-order valence-electron chi connectivity index (χ0n) is 20.8. The van der Waals surface area contributed by atoms with Crippen LogP contribution >= 0.6 is 0 Å². The summed E-state index contributed by atoms with van der Waals surface area (Å²) in [7, 11) is 4.57. The Morgan fingerprint density at radius 3 is 2.12 bits per heavy atom. The standard InChI is InChI=1S/C26H33N3O5/c1-16(2)18-10-9-11-20(13-18)26(4,5)27-25(31)29-28-24(30)17(3)12-19-14-22(33-7)23(34-8)15-21(19)32-6/h9-15H,1H2,2-8H3,(H,28,30)(H2,27,29,31)/b17-12-. The molecule has 2 aromatic rings. The summed E-state index contributed by atoms with van der Waals surface area (Å²) in [6.45, 7) is 11.3. The topological polar surface area (TPSA) is 97.9 Å². The summed E-state index contributed by atoms with van der Waals surface area (Å²) in [4.78, 5) is 25.0. The maximum atomic E-state index is 12.6. The molecule has 0 unspecified atom stereocenters. The molecule has 2 rings (SSSR count). The van der Waals surface area contributed by atoms with E-state index in [1.807, 2.05) is 45.0 Å². The Bertz CT molecular complexity index is 1110. The van der Waals surface area contributed by atoms with Gasteiger partial charge in [0.2, 0.25) is 0 Å². The quantitative estimate of drug-likeness (QED) is 0.395. The second kappa shape index (κ2) is 11.3. The lowest BCUT2D eigenvalue weighted by Gasteiger charge is -2.27. The van der Waals surface area contributed by atoms with Crippen LogP contribution in [-0.4, -0.2) is 33.3 Å². The highest BCUT2D eigenvalue weighted by Crippen LogP contribution is 2.35. The van der Waals surface area contributed by atoms with Gasteiger partial charge in [-0.2, -0.15) is 0 Å². The van der Waals surface area contributed by atoms with Crippen LogP contribution in [0.15, 0.2) is 48.6 Å². The van der Waals surface area contributed by atoms with Gasteiger partial charge in [0.25, 0.3) is 5.91 Å². The second-order valence-electron chi connectivity index (χ2n) is 8.30. The summed E-state index contributed by atoms with van der Waals surface area (Å²) in [5.41, 5.74) is 7.93. The van der Waals surface area contributed by atoms with E-state index in [9.17, 15) is 9.59 Å². The summed E-state index contributed by atoms with van der Waals surface area (Å²) in [5, 5.41) is 2.86. The second-order valence-corrected chi connectivity index (χ2v) is 8.30. The Morgan fingerprint density at radius 1 is 0.912 bits per heavy atom. The van der Waals surface area contributed by atoms with Gasteiger partial charge in [-0.25, -0.2) is 10.2 Å². The summed E-state index contributed by atoms with van der Waals surface area (Å²) in [6, 6.07) is 10.6. The number of rotatable bonds is 8. The van der Waals surface area contributed by atoms with Crippen LogP contribution in [0.1, 0.15) is 44.4 Å². The lowest BCUT2D eigenvalue weighted by Crippen LogP contribution is -2.52. The van der Waals surface area contributed by atoms with Gasteiger partial charge in [0, 0.05) is 17.2 Å². The molecular formula is C26H33N3O5. The number of hydrogen-bond donors (Lipinski definition) is 3. The van der Waals surface area contributed by atoms with Crippen LogP contribution < -0.4 is 30.4 Å². The Labute approximate surface area is 201 Å². The molecule has 0 aliphatic carbocycles. The summed E-state index contributed by atoms with van der Waals surface area (Å²) >= 11 is 0. The number of methoxy groups -OCH3 is 3. The Kier molecular flexibility index (Phi) is 8.72. The number of hydrogen-bond acceptors (Lipinski definition) is 5. The average molecular weight is 468 g/mol. The van der Waals surface area contributed by atoms with E-state index in [0.717, 1.165) is 16.7 Å². The maximum Gasteiger partial charge on any atom is 0.334 e. The zero-order valence-corrected chi connectivity index (χ0v) is 20.8. The molecule has 0 saturated carbocycles. The van der Waals surface area contributed by atoms with E-state index in [2.05, 4.69) is 22.7 Å². The molecule has 2 aromatic carbocycles. The Balaban J connectivity index is 2.08. The number of carbonyl (C=O) groups excluding carboxylic acids is 2. The molecule has 0 aliphatic rings. The highest BCUT2D eigenvalue weighted by molar-refractivity contribution is 5.98. The van der Waals surface area contributed by atoms with Crippen molar-refractivity contribution in [3.8, 4) is 17.2 Å². The van der Waals surface area contributed by atoms with Crippen LogP contribution in [0.4, 0.5) is 4.79 Å². The van der Waals surface area contributed by atoms with E-state index in [4.69, 9.17) is 14.2 Å². The molecule has 0 atom stereocenters. The van der Waals surface area contributed by atoms with Crippen LogP contribution in [0.3, 0.4) is 0 Å². The minimum absolute atomic E-state index is 0.347. The molecular weight excluding hydrogens is 434 g/mol. The lowest BCUT2D eigenvalue weighted by molar-refractivity contribution is -0.118. The van der Waals surface area contributed by atoms with Crippen molar-refractivity contribution in [3.05, 3.63) is 65.2 Å².